The van der Waals surface area contributed by atoms with Crippen molar-refractivity contribution in [3.63, 3.8) is 0 Å². The zero-order chi connectivity index (χ0) is 18.7. The van der Waals surface area contributed by atoms with E-state index in [2.05, 4.69) is 16.2 Å². The molecule has 0 aliphatic heterocycles. The highest BCUT2D eigenvalue weighted by Crippen LogP contribution is 2.16. The highest BCUT2D eigenvalue weighted by atomic mass is 32.1. The van der Waals surface area contributed by atoms with Crippen LogP contribution in [0.15, 0.2) is 24.3 Å². The first kappa shape index (κ1) is 20.4. The lowest BCUT2D eigenvalue weighted by atomic mass is 10.2. The summed E-state index contributed by atoms with van der Waals surface area (Å²) in [5, 5.41) is 2.27. The molecule has 0 aromatic heterocycles. The van der Waals surface area contributed by atoms with Crippen LogP contribution < -0.4 is 20.9 Å². The Labute approximate surface area is 151 Å². The number of ether oxygens (including phenoxy) is 2. The Kier molecular flexibility index (Phi) is 8.94. The van der Waals surface area contributed by atoms with Crippen LogP contribution in [0.4, 0.5) is 0 Å². The summed E-state index contributed by atoms with van der Waals surface area (Å²) >= 11 is 4.90. The van der Waals surface area contributed by atoms with Gasteiger partial charge in [-0.3, -0.25) is 25.2 Å². The summed E-state index contributed by atoms with van der Waals surface area (Å²) in [4.78, 5) is 35.0. The highest BCUT2D eigenvalue weighted by molar-refractivity contribution is 7.80. The van der Waals surface area contributed by atoms with Gasteiger partial charge in [0.2, 0.25) is 5.91 Å². The van der Waals surface area contributed by atoms with Gasteiger partial charge in [0.25, 0.3) is 5.91 Å². The molecule has 0 bridgehead atoms. The average molecular weight is 367 g/mol. The summed E-state index contributed by atoms with van der Waals surface area (Å²) in [5.41, 5.74) is 5.08. The molecular formula is C16H21N3O5S. The summed E-state index contributed by atoms with van der Waals surface area (Å²) < 4.78 is 9.95. The summed E-state index contributed by atoms with van der Waals surface area (Å²) in [5.74, 6) is -0.975. The molecule has 0 heterocycles. The smallest absolute Gasteiger partial charge is 0.306 e. The average Bonchev–Trinajstić information content (AvgIpc) is 2.62. The zero-order valence-electron chi connectivity index (χ0n) is 14.1. The van der Waals surface area contributed by atoms with E-state index in [-0.39, 0.29) is 18.0 Å². The van der Waals surface area contributed by atoms with E-state index in [9.17, 15) is 14.4 Å². The molecule has 136 valence electrons. The van der Waals surface area contributed by atoms with Crippen molar-refractivity contribution in [2.45, 2.75) is 26.2 Å². The minimum atomic E-state index is -0.475. The van der Waals surface area contributed by atoms with Crippen LogP contribution in [-0.2, 0) is 14.3 Å². The molecule has 0 spiro atoms. The fraction of sp³-hybridized carbons (Fsp3) is 0.375. The van der Waals surface area contributed by atoms with Crippen LogP contribution in [0.1, 0.15) is 36.5 Å². The van der Waals surface area contributed by atoms with Crippen molar-refractivity contribution < 1.29 is 23.9 Å². The monoisotopic (exact) mass is 367 g/mol. The summed E-state index contributed by atoms with van der Waals surface area (Å²) in [6.07, 6.45) is 0.616. The number of rotatable bonds is 7. The molecule has 1 rings (SSSR count). The van der Waals surface area contributed by atoms with E-state index >= 15 is 0 Å². The van der Waals surface area contributed by atoms with Crippen molar-refractivity contribution in [2.24, 2.45) is 0 Å². The van der Waals surface area contributed by atoms with Crippen LogP contribution in [0, 0.1) is 0 Å². The van der Waals surface area contributed by atoms with Crippen LogP contribution >= 0.6 is 12.2 Å². The van der Waals surface area contributed by atoms with E-state index in [1.54, 1.807) is 24.3 Å². The molecule has 0 radical (unpaired) electrons. The number of carbonyl (C=O) groups is 3. The van der Waals surface area contributed by atoms with Gasteiger partial charge < -0.3 is 14.8 Å². The zero-order valence-corrected chi connectivity index (χ0v) is 14.9. The molecule has 0 saturated heterocycles. The van der Waals surface area contributed by atoms with Gasteiger partial charge >= 0.3 is 5.97 Å². The third-order valence-electron chi connectivity index (χ3n) is 2.92. The van der Waals surface area contributed by atoms with Gasteiger partial charge in [-0.05, 0) is 30.8 Å². The van der Waals surface area contributed by atoms with Crippen molar-refractivity contribution >= 4 is 35.1 Å². The first-order valence-electron chi connectivity index (χ1n) is 7.66. The number of para-hydroxylation sites is 1. The molecule has 0 saturated carbocycles. The summed E-state index contributed by atoms with van der Waals surface area (Å²) in [6, 6.07) is 6.65. The molecule has 0 atom stereocenters. The largest absolute Gasteiger partial charge is 0.496 e. The number of hydrogen-bond donors (Lipinski definition) is 3. The van der Waals surface area contributed by atoms with Crippen molar-refractivity contribution in [3.8, 4) is 5.75 Å². The number of methoxy groups -OCH3 is 1. The number of esters is 1. The SMILES string of the molecule is CCCOC(=O)CCC(=O)NC(=S)NNC(=O)c1ccccc1OC. The molecule has 2 amide bonds. The predicted molar refractivity (Wildman–Crippen MR) is 94.8 cm³/mol. The van der Waals surface area contributed by atoms with Gasteiger partial charge in [-0.1, -0.05) is 19.1 Å². The second-order valence-corrected chi connectivity index (χ2v) is 5.29. The number of carbonyl (C=O) groups excluding carboxylic acids is 3. The molecule has 0 unspecified atom stereocenters. The minimum absolute atomic E-state index is 0.0397. The van der Waals surface area contributed by atoms with Gasteiger partial charge in [-0.25, -0.2) is 0 Å². The summed E-state index contributed by atoms with van der Waals surface area (Å²) in [7, 11) is 1.45. The maximum Gasteiger partial charge on any atom is 0.306 e. The maximum atomic E-state index is 12.0. The van der Waals surface area contributed by atoms with Crippen molar-refractivity contribution in [2.75, 3.05) is 13.7 Å². The van der Waals surface area contributed by atoms with E-state index in [0.717, 1.165) is 6.42 Å². The van der Waals surface area contributed by atoms with E-state index in [1.165, 1.54) is 7.11 Å². The van der Waals surface area contributed by atoms with Crippen molar-refractivity contribution in [1.82, 2.24) is 16.2 Å². The van der Waals surface area contributed by atoms with Gasteiger partial charge in [0.05, 0.1) is 25.7 Å². The number of nitrogens with one attached hydrogen (secondary N) is 3. The number of amides is 2. The van der Waals surface area contributed by atoms with Gasteiger partial charge in [-0.15, -0.1) is 0 Å². The Bertz CT molecular complexity index is 636. The molecule has 25 heavy (non-hydrogen) atoms. The standard InChI is InChI=1S/C16H21N3O5S/c1-3-10-24-14(21)9-8-13(20)17-16(25)19-18-15(22)11-6-4-5-7-12(11)23-2/h4-7H,3,8-10H2,1-2H3,(H,18,22)(H2,17,19,20,25). The second-order valence-electron chi connectivity index (χ2n) is 4.88. The first-order chi connectivity index (χ1) is 12.0. The third-order valence-corrected chi connectivity index (χ3v) is 3.12. The van der Waals surface area contributed by atoms with Gasteiger partial charge in [0.1, 0.15) is 5.75 Å². The first-order valence-corrected chi connectivity index (χ1v) is 8.07. The second kappa shape index (κ2) is 11.0. The molecule has 3 N–H and O–H groups in total. The fourth-order valence-corrected chi connectivity index (χ4v) is 1.90. The molecule has 0 aliphatic rings. The van der Waals surface area contributed by atoms with Crippen LogP contribution in [0.25, 0.3) is 0 Å². The lowest BCUT2D eigenvalue weighted by molar-refractivity contribution is -0.144. The quantitative estimate of drug-likeness (QED) is 0.376. The molecule has 0 aliphatic carbocycles. The van der Waals surface area contributed by atoms with E-state index in [4.69, 9.17) is 21.7 Å². The Balaban J connectivity index is 2.35. The lowest BCUT2D eigenvalue weighted by Gasteiger charge is -2.12. The third kappa shape index (κ3) is 7.62. The Morgan fingerprint density at radius 3 is 2.52 bits per heavy atom. The number of hydrazine groups is 1. The lowest BCUT2D eigenvalue weighted by Crippen LogP contribution is -2.48. The topological polar surface area (TPSA) is 106 Å². The van der Waals surface area contributed by atoms with E-state index in [0.29, 0.717) is 17.9 Å². The molecule has 9 heteroatoms. The van der Waals surface area contributed by atoms with E-state index in [1.807, 2.05) is 6.92 Å². The number of thiocarbonyl (C=S) groups is 1. The Morgan fingerprint density at radius 1 is 1.12 bits per heavy atom. The molecule has 1 aromatic carbocycles. The van der Waals surface area contributed by atoms with E-state index < -0.39 is 17.8 Å². The normalized spacial score (nSPS) is 9.68. The van der Waals surface area contributed by atoms with Crippen LogP contribution in [0.5, 0.6) is 5.75 Å². The summed E-state index contributed by atoms with van der Waals surface area (Å²) in [6.45, 7) is 2.21. The molecule has 8 nitrogen and oxygen atoms in total. The number of benzene rings is 1. The molecule has 1 aromatic rings. The molecular weight excluding hydrogens is 346 g/mol. The van der Waals surface area contributed by atoms with Crippen LogP contribution in [0.2, 0.25) is 0 Å². The van der Waals surface area contributed by atoms with Gasteiger partial charge in [0.15, 0.2) is 5.11 Å². The number of hydrogen-bond acceptors (Lipinski definition) is 6. The highest BCUT2D eigenvalue weighted by Gasteiger charge is 2.13. The Morgan fingerprint density at radius 2 is 1.84 bits per heavy atom. The van der Waals surface area contributed by atoms with Gasteiger partial charge in [0, 0.05) is 6.42 Å². The van der Waals surface area contributed by atoms with Crippen LogP contribution in [0.3, 0.4) is 0 Å². The minimum Gasteiger partial charge on any atom is -0.496 e. The van der Waals surface area contributed by atoms with Crippen LogP contribution in [-0.4, -0.2) is 36.6 Å². The van der Waals surface area contributed by atoms with Crippen molar-refractivity contribution in [1.29, 1.82) is 0 Å². The fourth-order valence-electron chi connectivity index (χ4n) is 1.74. The Hall–Kier alpha value is -2.68. The van der Waals surface area contributed by atoms with Gasteiger partial charge in [-0.2, -0.15) is 0 Å². The molecule has 0 fully saturated rings. The van der Waals surface area contributed by atoms with Crippen molar-refractivity contribution in [3.05, 3.63) is 29.8 Å². The maximum absolute atomic E-state index is 12.0. The predicted octanol–water partition coefficient (Wildman–Crippen LogP) is 1.06.